The number of phenols is 1. The van der Waals surface area contributed by atoms with Crippen LogP contribution in [0.1, 0.15) is 32.3 Å². The summed E-state index contributed by atoms with van der Waals surface area (Å²) in [6.07, 6.45) is 3.98. The molecule has 1 aromatic heterocycles. The van der Waals surface area contributed by atoms with E-state index < -0.39 is 0 Å². The Morgan fingerprint density at radius 1 is 1.08 bits per heavy atom. The molecule has 0 spiro atoms. The van der Waals surface area contributed by atoms with Gasteiger partial charge in [-0.15, -0.1) is 0 Å². The molecule has 0 aliphatic heterocycles. The molecule has 0 fully saturated rings. The third-order valence-electron chi connectivity index (χ3n) is 4.63. The summed E-state index contributed by atoms with van der Waals surface area (Å²) in [4.78, 5) is 4.45. The normalized spacial score (nSPS) is 11.2. The van der Waals surface area contributed by atoms with Gasteiger partial charge in [0.15, 0.2) is 0 Å². The first-order chi connectivity index (χ1) is 12.6. The highest BCUT2D eigenvalue weighted by molar-refractivity contribution is 14.1. The predicted molar refractivity (Wildman–Crippen MR) is 117 cm³/mol. The van der Waals surface area contributed by atoms with Gasteiger partial charge in [0, 0.05) is 44.7 Å². The monoisotopic (exact) mass is 461 g/mol. The van der Waals surface area contributed by atoms with Gasteiger partial charge in [-0.1, -0.05) is 13.8 Å². The Hall–Kier alpha value is -1.86. The molecule has 3 aromatic rings. The van der Waals surface area contributed by atoms with Crippen LogP contribution in [0.5, 0.6) is 5.75 Å². The summed E-state index contributed by atoms with van der Waals surface area (Å²) < 4.78 is 1.17. The SMILES string of the molecule is CCC(CC)NCc1cc(Nc2ccnc3cc(I)ccc23)ccc1O. The van der Waals surface area contributed by atoms with Crippen molar-refractivity contribution in [2.24, 2.45) is 0 Å². The van der Waals surface area contributed by atoms with Crippen LogP contribution in [-0.2, 0) is 6.54 Å². The fourth-order valence-electron chi connectivity index (χ4n) is 3.02. The van der Waals surface area contributed by atoms with Crippen molar-refractivity contribution in [2.45, 2.75) is 39.3 Å². The van der Waals surface area contributed by atoms with Crippen molar-refractivity contribution < 1.29 is 5.11 Å². The van der Waals surface area contributed by atoms with Crippen LogP contribution in [0.25, 0.3) is 10.9 Å². The van der Waals surface area contributed by atoms with Crippen LogP contribution in [0.4, 0.5) is 11.4 Å². The number of phenolic OH excluding ortho intramolecular Hbond substituents is 1. The number of aromatic nitrogens is 1. The van der Waals surface area contributed by atoms with E-state index in [1.165, 1.54) is 3.57 Å². The number of aromatic hydroxyl groups is 1. The fourth-order valence-corrected chi connectivity index (χ4v) is 3.50. The molecule has 0 aliphatic rings. The second-order valence-electron chi connectivity index (χ2n) is 6.38. The van der Waals surface area contributed by atoms with E-state index in [9.17, 15) is 5.11 Å². The van der Waals surface area contributed by atoms with Crippen molar-refractivity contribution in [1.29, 1.82) is 0 Å². The van der Waals surface area contributed by atoms with Crippen LogP contribution >= 0.6 is 22.6 Å². The van der Waals surface area contributed by atoms with Crippen LogP contribution in [0.15, 0.2) is 48.7 Å². The van der Waals surface area contributed by atoms with Crippen molar-refractivity contribution >= 4 is 44.9 Å². The topological polar surface area (TPSA) is 57.2 Å². The third-order valence-corrected chi connectivity index (χ3v) is 5.30. The summed E-state index contributed by atoms with van der Waals surface area (Å²) in [5, 5.41) is 18.2. The first kappa shape index (κ1) is 18.9. The number of rotatable bonds is 7. The van der Waals surface area contributed by atoms with Crippen molar-refractivity contribution in [3.63, 3.8) is 0 Å². The van der Waals surface area contributed by atoms with Gasteiger partial charge in [-0.25, -0.2) is 0 Å². The van der Waals surface area contributed by atoms with Crippen molar-refractivity contribution in [3.05, 3.63) is 57.8 Å². The minimum atomic E-state index is 0.322. The largest absolute Gasteiger partial charge is 0.508 e. The molecular formula is C21H24IN3O. The number of nitrogens with zero attached hydrogens (tertiary/aromatic N) is 1. The lowest BCUT2D eigenvalue weighted by Gasteiger charge is -2.16. The Bertz CT molecular complexity index is 894. The predicted octanol–water partition coefficient (Wildman–Crippen LogP) is 5.57. The molecule has 0 aliphatic carbocycles. The van der Waals surface area contributed by atoms with E-state index in [0.29, 0.717) is 18.3 Å². The molecule has 1 heterocycles. The molecule has 136 valence electrons. The van der Waals surface area contributed by atoms with Crippen LogP contribution < -0.4 is 10.6 Å². The quantitative estimate of drug-likeness (QED) is 0.318. The molecule has 2 aromatic carbocycles. The second-order valence-corrected chi connectivity index (χ2v) is 7.63. The summed E-state index contributed by atoms with van der Waals surface area (Å²) in [6, 6.07) is 14.3. The summed E-state index contributed by atoms with van der Waals surface area (Å²) in [6.45, 7) is 5.01. The Morgan fingerprint density at radius 2 is 1.88 bits per heavy atom. The fraction of sp³-hybridized carbons (Fsp3) is 0.286. The summed E-state index contributed by atoms with van der Waals surface area (Å²) in [5.74, 6) is 0.322. The number of hydrogen-bond donors (Lipinski definition) is 3. The maximum absolute atomic E-state index is 10.2. The van der Waals surface area contributed by atoms with Gasteiger partial charge in [0.05, 0.1) is 5.52 Å². The van der Waals surface area contributed by atoms with Gasteiger partial charge in [-0.05, 0) is 77.9 Å². The molecule has 0 unspecified atom stereocenters. The number of fused-ring (bicyclic) bond motifs is 1. The molecule has 5 heteroatoms. The number of benzene rings is 2. The zero-order chi connectivity index (χ0) is 18.5. The Balaban J connectivity index is 1.83. The minimum Gasteiger partial charge on any atom is -0.508 e. The zero-order valence-corrected chi connectivity index (χ0v) is 17.2. The lowest BCUT2D eigenvalue weighted by Crippen LogP contribution is -2.27. The maximum Gasteiger partial charge on any atom is 0.120 e. The lowest BCUT2D eigenvalue weighted by molar-refractivity contribution is 0.448. The Kier molecular flexibility index (Phi) is 6.32. The van der Waals surface area contributed by atoms with Crippen LogP contribution in [-0.4, -0.2) is 16.1 Å². The first-order valence-corrected chi connectivity index (χ1v) is 10.0. The van der Waals surface area contributed by atoms with Gasteiger partial charge in [-0.2, -0.15) is 0 Å². The number of pyridine rings is 1. The van der Waals surface area contributed by atoms with E-state index in [2.05, 4.69) is 70.3 Å². The smallest absolute Gasteiger partial charge is 0.120 e. The number of anilines is 2. The molecule has 3 N–H and O–H groups in total. The van der Waals surface area contributed by atoms with E-state index in [4.69, 9.17) is 0 Å². The van der Waals surface area contributed by atoms with E-state index in [0.717, 1.165) is 40.7 Å². The van der Waals surface area contributed by atoms with Gasteiger partial charge in [0.2, 0.25) is 0 Å². The van der Waals surface area contributed by atoms with Crippen molar-refractivity contribution in [3.8, 4) is 5.75 Å². The molecular weight excluding hydrogens is 437 g/mol. The van der Waals surface area contributed by atoms with Gasteiger partial charge >= 0.3 is 0 Å². The Morgan fingerprint density at radius 3 is 2.65 bits per heavy atom. The van der Waals surface area contributed by atoms with Gasteiger partial charge in [-0.3, -0.25) is 4.98 Å². The number of nitrogens with one attached hydrogen (secondary N) is 2. The summed E-state index contributed by atoms with van der Waals surface area (Å²) in [5.41, 5.74) is 3.83. The molecule has 0 bridgehead atoms. The van der Waals surface area contributed by atoms with Gasteiger partial charge < -0.3 is 15.7 Å². The highest BCUT2D eigenvalue weighted by atomic mass is 127. The van der Waals surface area contributed by atoms with Crippen LogP contribution in [0.2, 0.25) is 0 Å². The number of halogens is 1. The van der Waals surface area contributed by atoms with E-state index >= 15 is 0 Å². The lowest BCUT2D eigenvalue weighted by atomic mass is 10.1. The second kappa shape index (κ2) is 8.68. The minimum absolute atomic E-state index is 0.322. The standard InChI is InChI=1S/C21H24IN3O/c1-3-16(4-2)24-13-14-11-17(6-8-21(14)26)25-19-9-10-23-20-12-15(22)5-7-18(19)20/h5-12,16,24,26H,3-4,13H2,1-2H3,(H,23,25). The highest BCUT2D eigenvalue weighted by Crippen LogP contribution is 2.28. The summed E-state index contributed by atoms with van der Waals surface area (Å²) >= 11 is 2.30. The molecule has 0 amide bonds. The first-order valence-electron chi connectivity index (χ1n) is 8.97. The third kappa shape index (κ3) is 4.45. The van der Waals surface area contributed by atoms with E-state index in [-0.39, 0.29) is 0 Å². The summed E-state index contributed by atoms with van der Waals surface area (Å²) in [7, 11) is 0. The molecule has 0 radical (unpaired) electrons. The molecule has 0 saturated heterocycles. The molecule has 3 rings (SSSR count). The number of hydrogen-bond acceptors (Lipinski definition) is 4. The van der Waals surface area contributed by atoms with E-state index in [1.807, 2.05) is 24.4 Å². The van der Waals surface area contributed by atoms with Gasteiger partial charge in [0.1, 0.15) is 5.75 Å². The Labute approximate surface area is 168 Å². The molecule has 0 atom stereocenters. The molecule has 26 heavy (non-hydrogen) atoms. The average molecular weight is 461 g/mol. The van der Waals surface area contributed by atoms with Crippen molar-refractivity contribution in [1.82, 2.24) is 10.3 Å². The van der Waals surface area contributed by atoms with Crippen LogP contribution in [0.3, 0.4) is 0 Å². The average Bonchev–Trinajstić information content (AvgIpc) is 2.65. The molecule has 0 saturated carbocycles. The van der Waals surface area contributed by atoms with Gasteiger partial charge in [0.25, 0.3) is 0 Å². The van der Waals surface area contributed by atoms with Crippen molar-refractivity contribution in [2.75, 3.05) is 5.32 Å². The molecule has 4 nitrogen and oxygen atoms in total. The van der Waals surface area contributed by atoms with E-state index in [1.54, 1.807) is 6.07 Å². The zero-order valence-electron chi connectivity index (χ0n) is 15.1. The maximum atomic E-state index is 10.2. The van der Waals surface area contributed by atoms with Crippen LogP contribution in [0, 0.1) is 3.57 Å². The highest BCUT2D eigenvalue weighted by Gasteiger charge is 2.08.